The Bertz CT molecular complexity index is 137. The van der Waals surface area contributed by atoms with E-state index in [-0.39, 0.29) is 9.72 Å². The maximum absolute atomic E-state index is 10.3. The highest BCUT2D eigenvalue weighted by Gasteiger charge is 2.03. The van der Waals surface area contributed by atoms with Gasteiger partial charge in [-0.15, -0.1) is 0 Å². The van der Waals surface area contributed by atoms with Crippen molar-refractivity contribution < 1.29 is 4.79 Å². The maximum atomic E-state index is 10.3. The number of carbonyl (C=O) groups excluding carboxylic acids is 1. The van der Waals surface area contributed by atoms with Gasteiger partial charge in [-0.3, -0.25) is 4.79 Å². The van der Waals surface area contributed by atoms with Crippen molar-refractivity contribution in [3.63, 3.8) is 0 Å². The average molecular weight is 327 g/mol. The Balaban J connectivity index is 4.23. The fourth-order valence-electron chi connectivity index (χ4n) is 0.0743. The van der Waals surface area contributed by atoms with Crippen LogP contribution in [0.2, 0.25) is 0 Å². The van der Waals surface area contributed by atoms with Gasteiger partial charge in [0, 0.05) is 0 Å². The zero-order valence-corrected chi connectivity index (χ0v) is 8.93. The summed E-state index contributed by atoms with van der Waals surface area (Å²) in [6, 6.07) is 0. The number of allylic oxidation sites excluding steroid dienone is 1. The second-order valence-electron chi connectivity index (χ2n) is 0.848. The molecular formula is C3Br3ClO. The molecule has 0 spiro atoms. The molecule has 0 saturated carbocycles. The molecule has 46 valence electrons. The molecule has 0 aromatic rings. The molecule has 0 amide bonds. The average Bonchev–Trinajstić information content (AvgIpc) is 1.64. The van der Waals surface area contributed by atoms with Gasteiger partial charge < -0.3 is 0 Å². The first-order valence-corrected chi connectivity index (χ1v) is 4.22. The van der Waals surface area contributed by atoms with Gasteiger partial charge in [-0.05, 0) is 47.8 Å². The van der Waals surface area contributed by atoms with Crippen LogP contribution in [-0.2, 0) is 4.79 Å². The molecule has 0 unspecified atom stereocenters. The normalized spacial score (nSPS) is 8.50. The van der Waals surface area contributed by atoms with Crippen molar-refractivity contribution in [1.82, 2.24) is 0 Å². The lowest BCUT2D eigenvalue weighted by atomic mass is 10.7. The van der Waals surface area contributed by atoms with Gasteiger partial charge >= 0.3 is 0 Å². The minimum Gasteiger partial charge on any atom is -0.280 e. The van der Waals surface area contributed by atoms with Crippen molar-refractivity contribution in [1.29, 1.82) is 0 Å². The van der Waals surface area contributed by atoms with E-state index in [4.69, 9.17) is 11.6 Å². The van der Waals surface area contributed by atoms with Crippen LogP contribution in [0.1, 0.15) is 0 Å². The van der Waals surface area contributed by atoms with Crippen LogP contribution >= 0.6 is 59.4 Å². The Morgan fingerprint density at radius 2 is 1.62 bits per heavy atom. The number of hydrogen-bond donors (Lipinski definition) is 0. The SMILES string of the molecule is O=C(Br)C(Cl)=C(Br)Br. The second-order valence-corrected chi connectivity index (χ2v) is 4.60. The van der Waals surface area contributed by atoms with E-state index < -0.39 is 0 Å². The van der Waals surface area contributed by atoms with Crippen LogP contribution in [-0.4, -0.2) is 4.69 Å². The zero-order valence-electron chi connectivity index (χ0n) is 3.42. The number of halogens is 4. The van der Waals surface area contributed by atoms with Crippen LogP contribution in [0.5, 0.6) is 0 Å². The number of rotatable bonds is 1. The minimum atomic E-state index is -0.345. The Morgan fingerprint density at radius 3 is 1.62 bits per heavy atom. The van der Waals surface area contributed by atoms with E-state index in [1.165, 1.54) is 0 Å². The highest BCUT2D eigenvalue weighted by Crippen LogP contribution is 2.23. The van der Waals surface area contributed by atoms with Gasteiger partial charge in [-0.2, -0.15) is 0 Å². The molecule has 0 saturated heterocycles. The molecule has 0 aromatic carbocycles. The lowest BCUT2D eigenvalue weighted by molar-refractivity contribution is -0.106. The number of hydrogen-bond acceptors (Lipinski definition) is 1. The molecule has 0 radical (unpaired) electrons. The third-order valence-corrected chi connectivity index (χ3v) is 2.57. The lowest BCUT2D eigenvalue weighted by Gasteiger charge is -1.85. The highest BCUT2D eigenvalue weighted by molar-refractivity contribution is 9.28. The van der Waals surface area contributed by atoms with Gasteiger partial charge in [0.2, 0.25) is 4.69 Å². The van der Waals surface area contributed by atoms with Crippen LogP contribution < -0.4 is 0 Å². The fourth-order valence-corrected chi connectivity index (χ4v) is 1.16. The molecule has 0 rings (SSSR count). The Hall–Kier alpha value is 1.14. The summed E-state index contributed by atoms with van der Waals surface area (Å²) in [5.74, 6) is 0. The molecule has 0 heterocycles. The molecule has 0 bridgehead atoms. The van der Waals surface area contributed by atoms with Crippen molar-refractivity contribution in [2.24, 2.45) is 0 Å². The first-order valence-electron chi connectivity index (χ1n) is 1.46. The summed E-state index contributed by atoms with van der Waals surface area (Å²) >= 11 is 13.9. The summed E-state index contributed by atoms with van der Waals surface area (Å²) in [6.45, 7) is 0. The summed E-state index contributed by atoms with van der Waals surface area (Å²) in [4.78, 5) is 10.3. The van der Waals surface area contributed by atoms with E-state index in [9.17, 15) is 4.79 Å². The van der Waals surface area contributed by atoms with Crippen molar-refractivity contribution in [3.05, 3.63) is 8.42 Å². The van der Waals surface area contributed by atoms with Crippen LogP contribution in [0.15, 0.2) is 8.42 Å². The minimum absolute atomic E-state index is 0.102. The first-order chi connectivity index (χ1) is 3.55. The molecule has 0 aliphatic rings. The van der Waals surface area contributed by atoms with Gasteiger partial charge in [0.05, 0.1) is 3.39 Å². The summed E-state index contributed by atoms with van der Waals surface area (Å²) < 4.78 is 0.108. The summed E-state index contributed by atoms with van der Waals surface area (Å²) in [7, 11) is 0. The molecule has 5 heteroatoms. The monoisotopic (exact) mass is 324 g/mol. The third-order valence-electron chi connectivity index (χ3n) is 0.338. The Labute approximate surface area is 76.8 Å². The van der Waals surface area contributed by atoms with Gasteiger partial charge in [-0.1, -0.05) is 11.6 Å². The fraction of sp³-hybridized carbons (Fsp3) is 0. The molecule has 0 atom stereocenters. The van der Waals surface area contributed by atoms with E-state index in [2.05, 4.69) is 47.8 Å². The highest BCUT2D eigenvalue weighted by atomic mass is 79.9. The van der Waals surface area contributed by atoms with Gasteiger partial charge in [0.15, 0.2) is 0 Å². The summed E-state index contributed by atoms with van der Waals surface area (Å²) in [6.07, 6.45) is 0. The van der Waals surface area contributed by atoms with Gasteiger partial charge in [0.25, 0.3) is 0 Å². The largest absolute Gasteiger partial charge is 0.280 e. The van der Waals surface area contributed by atoms with E-state index in [1.54, 1.807) is 0 Å². The molecule has 0 aliphatic heterocycles. The maximum Gasteiger partial charge on any atom is 0.241 e. The van der Waals surface area contributed by atoms with E-state index >= 15 is 0 Å². The molecule has 0 aromatic heterocycles. The standard InChI is InChI=1S/C3Br3ClO/c4-2(5)1(7)3(6)8. The van der Waals surface area contributed by atoms with Crippen molar-refractivity contribution in [3.8, 4) is 0 Å². The van der Waals surface area contributed by atoms with Gasteiger partial charge in [-0.25, -0.2) is 0 Å². The summed E-state index contributed by atoms with van der Waals surface area (Å²) in [5.41, 5.74) is 0. The predicted octanol–water partition coefficient (Wildman–Crippen LogP) is 3.11. The van der Waals surface area contributed by atoms with Crippen LogP contribution in [0.3, 0.4) is 0 Å². The van der Waals surface area contributed by atoms with Crippen molar-refractivity contribution >= 4 is 64.1 Å². The quantitative estimate of drug-likeness (QED) is 0.534. The lowest BCUT2D eigenvalue weighted by Crippen LogP contribution is -1.81. The third kappa shape index (κ3) is 3.22. The Kier molecular flexibility index (Phi) is 4.61. The molecule has 8 heavy (non-hydrogen) atoms. The zero-order chi connectivity index (χ0) is 6.73. The first kappa shape index (κ1) is 9.14. The molecule has 0 fully saturated rings. The molecule has 0 N–H and O–H groups in total. The van der Waals surface area contributed by atoms with Crippen LogP contribution in [0.25, 0.3) is 0 Å². The van der Waals surface area contributed by atoms with Crippen molar-refractivity contribution in [2.45, 2.75) is 0 Å². The molecule has 1 nitrogen and oxygen atoms in total. The van der Waals surface area contributed by atoms with Gasteiger partial charge in [0.1, 0.15) is 5.03 Å². The molecule has 0 aliphatic carbocycles. The van der Waals surface area contributed by atoms with Crippen molar-refractivity contribution in [2.75, 3.05) is 0 Å². The number of carbonyl (C=O) groups is 1. The smallest absolute Gasteiger partial charge is 0.241 e. The topological polar surface area (TPSA) is 17.1 Å². The van der Waals surface area contributed by atoms with E-state index in [0.29, 0.717) is 3.39 Å². The van der Waals surface area contributed by atoms with E-state index in [1.807, 2.05) is 0 Å². The van der Waals surface area contributed by atoms with Crippen LogP contribution in [0.4, 0.5) is 0 Å². The molecular weight excluding hydrogens is 327 g/mol. The Morgan fingerprint density at radius 1 is 1.25 bits per heavy atom. The van der Waals surface area contributed by atoms with Crippen LogP contribution in [0, 0.1) is 0 Å². The second kappa shape index (κ2) is 4.04. The summed E-state index contributed by atoms with van der Waals surface area (Å²) in [5, 5.41) is 0.102. The predicted molar refractivity (Wildman–Crippen MR) is 44.7 cm³/mol. The van der Waals surface area contributed by atoms with E-state index in [0.717, 1.165) is 0 Å².